The van der Waals surface area contributed by atoms with Crippen molar-refractivity contribution in [3.05, 3.63) is 35.9 Å². The Morgan fingerprint density at radius 2 is 1.79 bits per heavy atom. The average molecular weight is 392 g/mol. The minimum absolute atomic E-state index is 0.0608. The monoisotopic (exact) mass is 392 g/mol. The first-order valence-corrected chi connectivity index (χ1v) is 9.19. The maximum Gasteiger partial charge on any atom is 0.410 e. The lowest BCUT2D eigenvalue weighted by Crippen LogP contribution is -2.59. The van der Waals surface area contributed by atoms with Gasteiger partial charge in [0.15, 0.2) is 0 Å². The van der Waals surface area contributed by atoms with Crippen LogP contribution in [0.2, 0.25) is 0 Å². The van der Waals surface area contributed by atoms with Crippen LogP contribution in [0.25, 0.3) is 0 Å². The smallest absolute Gasteiger partial charge is 0.410 e. The summed E-state index contributed by atoms with van der Waals surface area (Å²) in [4.78, 5) is 39.8. The molecule has 0 spiro atoms. The normalized spacial score (nSPS) is 17.7. The molecule has 8 nitrogen and oxygen atoms in total. The maximum atomic E-state index is 12.3. The highest BCUT2D eigenvalue weighted by Crippen LogP contribution is 2.16. The molecule has 1 aromatic carbocycles. The number of hydrogen-bond acceptors (Lipinski definition) is 7. The second-order valence-electron chi connectivity index (χ2n) is 7.58. The standard InChI is InChI=1S/C20H28N2O6/c1-20(2,3)28-19(25)22-11-10-21(16(12-22)18(24)26-4)13-17(23)27-14-15-8-6-5-7-9-15/h5-9,16H,10-14H2,1-4H3. The van der Waals surface area contributed by atoms with E-state index in [1.54, 1.807) is 25.7 Å². The molecular weight excluding hydrogens is 364 g/mol. The van der Waals surface area contributed by atoms with Crippen molar-refractivity contribution in [2.75, 3.05) is 33.3 Å². The molecule has 1 atom stereocenters. The van der Waals surface area contributed by atoms with Crippen LogP contribution in [0.15, 0.2) is 30.3 Å². The molecule has 154 valence electrons. The van der Waals surface area contributed by atoms with Gasteiger partial charge >= 0.3 is 18.0 Å². The molecule has 1 saturated heterocycles. The number of nitrogens with zero attached hydrogens (tertiary/aromatic N) is 2. The Morgan fingerprint density at radius 1 is 1.11 bits per heavy atom. The summed E-state index contributed by atoms with van der Waals surface area (Å²) in [6, 6.07) is 8.60. The number of benzene rings is 1. The number of esters is 2. The number of piperazine rings is 1. The molecule has 0 aromatic heterocycles. The van der Waals surface area contributed by atoms with Crippen LogP contribution in [-0.4, -0.2) is 72.8 Å². The first-order chi connectivity index (χ1) is 13.2. The predicted molar refractivity (Wildman–Crippen MR) is 101 cm³/mol. The molecule has 1 unspecified atom stereocenters. The Labute approximate surface area is 165 Å². The Kier molecular flexibility index (Phi) is 7.39. The maximum absolute atomic E-state index is 12.3. The third kappa shape index (κ3) is 6.53. The number of methoxy groups -OCH3 is 1. The van der Waals surface area contributed by atoms with Gasteiger partial charge < -0.3 is 19.1 Å². The van der Waals surface area contributed by atoms with Crippen molar-refractivity contribution in [1.82, 2.24) is 9.80 Å². The lowest BCUT2D eigenvalue weighted by molar-refractivity contribution is -0.154. The molecule has 1 aromatic rings. The minimum Gasteiger partial charge on any atom is -0.468 e. The zero-order valence-electron chi connectivity index (χ0n) is 16.8. The molecule has 0 saturated carbocycles. The van der Waals surface area contributed by atoms with Gasteiger partial charge in [-0.2, -0.15) is 0 Å². The highest BCUT2D eigenvalue weighted by Gasteiger charge is 2.37. The lowest BCUT2D eigenvalue weighted by Gasteiger charge is -2.39. The number of carbonyl (C=O) groups is 3. The Hall–Kier alpha value is -2.61. The van der Waals surface area contributed by atoms with Gasteiger partial charge in [-0.3, -0.25) is 14.5 Å². The van der Waals surface area contributed by atoms with Gasteiger partial charge in [0.2, 0.25) is 0 Å². The van der Waals surface area contributed by atoms with Crippen molar-refractivity contribution in [3.63, 3.8) is 0 Å². The van der Waals surface area contributed by atoms with Crippen molar-refractivity contribution in [3.8, 4) is 0 Å². The van der Waals surface area contributed by atoms with Crippen LogP contribution in [0, 0.1) is 0 Å². The highest BCUT2D eigenvalue weighted by molar-refractivity contribution is 5.79. The molecule has 0 radical (unpaired) electrons. The fourth-order valence-corrected chi connectivity index (χ4v) is 2.81. The molecule has 0 bridgehead atoms. The molecule has 1 heterocycles. The predicted octanol–water partition coefficient (Wildman–Crippen LogP) is 1.82. The third-order valence-corrected chi connectivity index (χ3v) is 4.19. The first kappa shape index (κ1) is 21.7. The summed E-state index contributed by atoms with van der Waals surface area (Å²) in [5.74, 6) is -0.951. The van der Waals surface area contributed by atoms with Crippen molar-refractivity contribution in [2.45, 2.75) is 39.0 Å². The summed E-state index contributed by atoms with van der Waals surface area (Å²) < 4.78 is 15.5. The van der Waals surface area contributed by atoms with E-state index in [2.05, 4.69) is 0 Å². The zero-order chi connectivity index (χ0) is 20.7. The van der Waals surface area contributed by atoms with Gasteiger partial charge in [0.05, 0.1) is 20.2 Å². The molecule has 1 aliphatic rings. The summed E-state index contributed by atoms with van der Waals surface area (Å²) >= 11 is 0. The fourth-order valence-electron chi connectivity index (χ4n) is 2.81. The van der Waals surface area contributed by atoms with Crippen LogP contribution in [0.1, 0.15) is 26.3 Å². The van der Waals surface area contributed by atoms with Crippen LogP contribution >= 0.6 is 0 Å². The molecule has 0 N–H and O–H groups in total. The quantitative estimate of drug-likeness (QED) is 0.558. The highest BCUT2D eigenvalue weighted by atomic mass is 16.6. The largest absolute Gasteiger partial charge is 0.468 e. The number of amides is 1. The molecule has 8 heteroatoms. The number of rotatable bonds is 5. The van der Waals surface area contributed by atoms with Crippen LogP contribution < -0.4 is 0 Å². The second-order valence-corrected chi connectivity index (χ2v) is 7.58. The van der Waals surface area contributed by atoms with Crippen molar-refractivity contribution >= 4 is 18.0 Å². The van der Waals surface area contributed by atoms with E-state index in [1.165, 1.54) is 12.0 Å². The second kappa shape index (κ2) is 9.54. The Morgan fingerprint density at radius 3 is 2.39 bits per heavy atom. The topological polar surface area (TPSA) is 85.4 Å². The van der Waals surface area contributed by atoms with E-state index in [4.69, 9.17) is 14.2 Å². The van der Waals surface area contributed by atoms with E-state index < -0.39 is 29.7 Å². The molecule has 1 amide bonds. The van der Waals surface area contributed by atoms with Gasteiger partial charge in [0.1, 0.15) is 18.2 Å². The number of carbonyl (C=O) groups excluding carboxylic acids is 3. The number of ether oxygens (including phenoxy) is 3. The molecule has 0 aliphatic carbocycles. The summed E-state index contributed by atoms with van der Waals surface area (Å²) in [5.41, 5.74) is 0.256. The van der Waals surface area contributed by atoms with E-state index in [9.17, 15) is 14.4 Å². The Bertz CT molecular complexity index is 686. The SMILES string of the molecule is COC(=O)C1CN(C(=O)OC(C)(C)C)CCN1CC(=O)OCc1ccccc1. The first-order valence-electron chi connectivity index (χ1n) is 9.19. The summed E-state index contributed by atoms with van der Waals surface area (Å²) in [7, 11) is 1.28. The fraction of sp³-hybridized carbons (Fsp3) is 0.550. The average Bonchev–Trinajstić information content (AvgIpc) is 2.65. The van der Waals surface area contributed by atoms with Gasteiger partial charge in [-0.05, 0) is 26.3 Å². The summed E-state index contributed by atoms with van der Waals surface area (Å²) in [6.07, 6.45) is -0.493. The van der Waals surface area contributed by atoms with E-state index in [1.807, 2.05) is 30.3 Å². The van der Waals surface area contributed by atoms with E-state index in [-0.39, 0.29) is 19.7 Å². The van der Waals surface area contributed by atoms with Gasteiger partial charge in [-0.15, -0.1) is 0 Å². The van der Waals surface area contributed by atoms with Crippen molar-refractivity contribution in [1.29, 1.82) is 0 Å². The summed E-state index contributed by atoms with van der Waals surface area (Å²) in [5, 5.41) is 0. The van der Waals surface area contributed by atoms with E-state index in [0.717, 1.165) is 5.56 Å². The Balaban J connectivity index is 1.95. The van der Waals surface area contributed by atoms with Gasteiger partial charge in [0.25, 0.3) is 0 Å². The van der Waals surface area contributed by atoms with E-state index in [0.29, 0.717) is 13.1 Å². The molecule has 2 rings (SSSR count). The molecule has 1 fully saturated rings. The number of hydrogen-bond donors (Lipinski definition) is 0. The van der Waals surface area contributed by atoms with Crippen molar-refractivity contribution < 1.29 is 28.6 Å². The van der Waals surface area contributed by atoms with Crippen LogP contribution in [0.5, 0.6) is 0 Å². The van der Waals surface area contributed by atoms with Crippen LogP contribution in [-0.2, 0) is 30.4 Å². The molecule has 1 aliphatic heterocycles. The zero-order valence-corrected chi connectivity index (χ0v) is 16.8. The minimum atomic E-state index is -0.754. The van der Waals surface area contributed by atoms with Crippen LogP contribution in [0.4, 0.5) is 4.79 Å². The van der Waals surface area contributed by atoms with E-state index >= 15 is 0 Å². The third-order valence-electron chi connectivity index (χ3n) is 4.19. The molecular formula is C20H28N2O6. The molecule has 28 heavy (non-hydrogen) atoms. The van der Waals surface area contributed by atoms with Gasteiger partial charge in [0, 0.05) is 13.1 Å². The van der Waals surface area contributed by atoms with Gasteiger partial charge in [-0.25, -0.2) is 4.79 Å². The summed E-state index contributed by atoms with van der Waals surface area (Å²) in [6.45, 7) is 6.21. The lowest BCUT2D eigenvalue weighted by atomic mass is 10.1. The van der Waals surface area contributed by atoms with Gasteiger partial charge in [-0.1, -0.05) is 30.3 Å². The van der Waals surface area contributed by atoms with Crippen LogP contribution in [0.3, 0.4) is 0 Å². The van der Waals surface area contributed by atoms with Crippen molar-refractivity contribution in [2.24, 2.45) is 0 Å².